The van der Waals surface area contributed by atoms with Crippen LogP contribution in [0.5, 0.6) is 0 Å². The van der Waals surface area contributed by atoms with Crippen molar-refractivity contribution < 1.29 is 4.55 Å². The van der Waals surface area contributed by atoms with E-state index in [9.17, 15) is 4.55 Å². The zero-order chi connectivity index (χ0) is 12.5. The van der Waals surface area contributed by atoms with Crippen LogP contribution < -0.4 is 4.72 Å². The first kappa shape index (κ1) is 11.3. The Kier molecular flexibility index (Phi) is 2.77. The SMILES string of the molecule is C[S+]([O-])Nc1cccc2nc3ccccc3nc12. The fourth-order valence-corrected chi connectivity index (χ4v) is 2.35. The topological polar surface area (TPSA) is 60.9 Å². The Morgan fingerprint density at radius 3 is 2.33 bits per heavy atom. The van der Waals surface area contributed by atoms with Crippen LogP contribution in [0.4, 0.5) is 5.69 Å². The first-order valence-electron chi connectivity index (χ1n) is 5.49. The lowest BCUT2D eigenvalue weighted by molar-refractivity contribution is 0.606. The molecule has 5 heteroatoms. The molecule has 3 aromatic rings. The molecular weight excluding hydrogens is 246 g/mol. The minimum Gasteiger partial charge on any atom is -0.593 e. The van der Waals surface area contributed by atoms with Gasteiger partial charge in [0.2, 0.25) is 0 Å². The minimum atomic E-state index is -1.12. The lowest BCUT2D eigenvalue weighted by Crippen LogP contribution is -2.10. The van der Waals surface area contributed by atoms with Gasteiger partial charge in [-0.3, -0.25) is 0 Å². The van der Waals surface area contributed by atoms with E-state index < -0.39 is 11.4 Å². The van der Waals surface area contributed by atoms with Crippen LogP contribution in [0.25, 0.3) is 22.1 Å². The van der Waals surface area contributed by atoms with E-state index in [0.717, 1.165) is 27.8 Å². The van der Waals surface area contributed by atoms with Gasteiger partial charge in [-0.25, -0.2) is 14.7 Å². The lowest BCUT2D eigenvalue weighted by Gasteiger charge is -2.09. The van der Waals surface area contributed by atoms with Crippen molar-refractivity contribution in [3.63, 3.8) is 0 Å². The number of aromatic nitrogens is 2. The number of nitrogens with zero attached hydrogens (tertiary/aromatic N) is 2. The van der Waals surface area contributed by atoms with Gasteiger partial charge in [0.1, 0.15) is 17.5 Å². The molecule has 0 radical (unpaired) electrons. The molecule has 90 valence electrons. The van der Waals surface area contributed by atoms with Gasteiger partial charge in [-0.1, -0.05) is 18.2 Å². The van der Waals surface area contributed by atoms with Crippen molar-refractivity contribution in [2.75, 3.05) is 11.0 Å². The second-order valence-corrected chi connectivity index (χ2v) is 5.05. The van der Waals surface area contributed by atoms with Crippen molar-refractivity contribution in [3.8, 4) is 0 Å². The second-order valence-electron chi connectivity index (χ2n) is 3.94. The maximum Gasteiger partial charge on any atom is 0.121 e. The van der Waals surface area contributed by atoms with Crippen LogP contribution in [0.2, 0.25) is 0 Å². The fraction of sp³-hybridized carbons (Fsp3) is 0.0769. The van der Waals surface area contributed by atoms with Crippen molar-refractivity contribution >= 4 is 39.1 Å². The molecule has 0 spiro atoms. The first-order chi connectivity index (χ1) is 8.74. The molecule has 0 aliphatic heterocycles. The number of fused-ring (bicyclic) bond motifs is 2. The fourth-order valence-electron chi connectivity index (χ4n) is 1.88. The normalized spacial score (nSPS) is 12.8. The van der Waals surface area contributed by atoms with E-state index in [2.05, 4.69) is 14.7 Å². The summed E-state index contributed by atoms with van der Waals surface area (Å²) in [5.74, 6) is 0. The van der Waals surface area contributed by atoms with Gasteiger partial charge in [0.15, 0.2) is 0 Å². The van der Waals surface area contributed by atoms with Crippen molar-refractivity contribution in [2.45, 2.75) is 0 Å². The zero-order valence-corrected chi connectivity index (χ0v) is 10.6. The van der Waals surface area contributed by atoms with E-state index in [1.807, 2.05) is 42.5 Å². The van der Waals surface area contributed by atoms with E-state index in [4.69, 9.17) is 0 Å². The summed E-state index contributed by atoms with van der Waals surface area (Å²) in [5, 5.41) is 0. The Balaban J connectivity index is 2.29. The zero-order valence-electron chi connectivity index (χ0n) is 9.75. The smallest absolute Gasteiger partial charge is 0.121 e. The van der Waals surface area contributed by atoms with Gasteiger partial charge in [0.25, 0.3) is 0 Å². The summed E-state index contributed by atoms with van der Waals surface area (Å²) < 4.78 is 14.2. The molecule has 18 heavy (non-hydrogen) atoms. The summed E-state index contributed by atoms with van der Waals surface area (Å²) in [4.78, 5) is 9.12. The van der Waals surface area contributed by atoms with E-state index >= 15 is 0 Å². The van der Waals surface area contributed by atoms with Crippen LogP contribution in [0.15, 0.2) is 42.5 Å². The van der Waals surface area contributed by atoms with Gasteiger partial charge in [0.05, 0.1) is 27.9 Å². The molecular formula is C13H11N3OS. The van der Waals surface area contributed by atoms with Crippen LogP contribution >= 0.6 is 0 Å². The van der Waals surface area contributed by atoms with Crippen molar-refractivity contribution in [3.05, 3.63) is 42.5 Å². The lowest BCUT2D eigenvalue weighted by atomic mass is 10.2. The molecule has 0 bridgehead atoms. The van der Waals surface area contributed by atoms with Crippen molar-refractivity contribution in [1.82, 2.24) is 9.97 Å². The first-order valence-corrected chi connectivity index (χ1v) is 7.05. The maximum atomic E-state index is 11.3. The highest BCUT2D eigenvalue weighted by atomic mass is 32.2. The van der Waals surface area contributed by atoms with Crippen LogP contribution in [0, 0.1) is 0 Å². The third kappa shape index (κ3) is 1.98. The summed E-state index contributed by atoms with van der Waals surface area (Å²) in [6.45, 7) is 0. The van der Waals surface area contributed by atoms with Gasteiger partial charge in [-0.15, -0.1) is 0 Å². The molecule has 4 nitrogen and oxygen atoms in total. The molecule has 0 amide bonds. The second kappa shape index (κ2) is 4.44. The van der Waals surface area contributed by atoms with E-state index in [0.29, 0.717) is 0 Å². The molecule has 3 rings (SSSR count). The Bertz CT molecular complexity index is 715. The predicted molar refractivity (Wildman–Crippen MR) is 74.7 cm³/mol. The van der Waals surface area contributed by atoms with Gasteiger partial charge in [-0.05, 0) is 24.3 Å². The highest BCUT2D eigenvalue weighted by Gasteiger charge is 2.08. The van der Waals surface area contributed by atoms with Gasteiger partial charge >= 0.3 is 0 Å². The molecule has 2 aromatic carbocycles. The van der Waals surface area contributed by atoms with Gasteiger partial charge in [-0.2, -0.15) is 0 Å². The largest absolute Gasteiger partial charge is 0.593 e. The van der Waals surface area contributed by atoms with Crippen LogP contribution in [0.1, 0.15) is 0 Å². The monoisotopic (exact) mass is 257 g/mol. The third-order valence-corrected chi connectivity index (χ3v) is 3.13. The molecule has 0 saturated carbocycles. The van der Waals surface area contributed by atoms with Crippen molar-refractivity contribution in [2.24, 2.45) is 0 Å². The summed E-state index contributed by atoms with van der Waals surface area (Å²) in [7, 11) is 0. The van der Waals surface area contributed by atoms with Crippen molar-refractivity contribution in [1.29, 1.82) is 0 Å². The van der Waals surface area contributed by atoms with E-state index in [1.54, 1.807) is 6.26 Å². The number of anilines is 1. The number of hydrogen-bond acceptors (Lipinski definition) is 4. The molecule has 1 heterocycles. The number of para-hydroxylation sites is 3. The third-order valence-electron chi connectivity index (χ3n) is 2.62. The van der Waals surface area contributed by atoms with Crippen LogP contribution in [-0.4, -0.2) is 20.8 Å². The van der Waals surface area contributed by atoms with Gasteiger partial charge in [0, 0.05) is 0 Å². The molecule has 1 N–H and O–H groups in total. The number of benzene rings is 2. The molecule has 1 aromatic heterocycles. The quantitative estimate of drug-likeness (QED) is 0.566. The number of nitrogens with one attached hydrogen (secondary N) is 1. The molecule has 1 atom stereocenters. The number of hydrogen-bond donors (Lipinski definition) is 1. The Labute approximate surface area is 107 Å². The Morgan fingerprint density at radius 1 is 0.944 bits per heavy atom. The summed E-state index contributed by atoms with van der Waals surface area (Å²) in [5.41, 5.74) is 3.98. The van der Waals surface area contributed by atoms with Crippen LogP contribution in [-0.2, 0) is 11.4 Å². The standard InChI is InChI=1S/C13H11N3OS/c1-18(17)16-12-8-4-7-11-13(12)15-10-6-3-2-5-9(10)14-11/h2-8,16H,1H3. The molecule has 0 saturated heterocycles. The molecule has 0 fully saturated rings. The highest BCUT2D eigenvalue weighted by Crippen LogP contribution is 2.23. The number of rotatable bonds is 2. The average molecular weight is 257 g/mol. The molecule has 0 aliphatic rings. The van der Waals surface area contributed by atoms with Gasteiger partial charge < -0.3 is 4.55 Å². The molecule has 0 aliphatic carbocycles. The van der Waals surface area contributed by atoms with E-state index in [-0.39, 0.29) is 0 Å². The Morgan fingerprint density at radius 2 is 1.61 bits per heavy atom. The molecule has 1 unspecified atom stereocenters. The maximum absolute atomic E-state index is 11.3. The average Bonchev–Trinajstić information content (AvgIpc) is 2.36. The summed E-state index contributed by atoms with van der Waals surface area (Å²) >= 11 is -1.12. The van der Waals surface area contributed by atoms with E-state index in [1.165, 1.54) is 0 Å². The highest BCUT2D eigenvalue weighted by molar-refractivity contribution is 7.92. The predicted octanol–water partition coefficient (Wildman–Crippen LogP) is 2.49. The minimum absolute atomic E-state index is 0.742. The Hall–Kier alpha value is -1.85. The summed E-state index contributed by atoms with van der Waals surface area (Å²) in [6.07, 6.45) is 1.59. The van der Waals surface area contributed by atoms with Crippen LogP contribution in [0.3, 0.4) is 0 Å². The summed E-state index contributed by atoms with van der Waals surface area (Å²) in [6, 6.07) is 13.3.